The highest BCUT2D eigenvalue weighted by Gasteiger charge is 2.32. The molecule has 0 spiro atoms. The van der Waals surface area contributed by atoms with Crippen molar-refractivity contribution in [2.24, 2.45) is 7.05 Å². The van der Waals surface area contributed by atoms with Crippen molar-refractivity contribution in [3.05, 3.63) is 41.7 Å². The first kappa shape index (κ1) is 14.0. The van der Waals surface area contributed by atoms with Gasteiger partial charge < -0.3 is 9.84 Å². The average molecular weight is 288 g/mol. The topological polar surface area (TPSA) is 63.4 Å². The molecule has 1 aliphatic rings. The van der Waals surface area contributed by atoms with Gasteiger partial charge in [-0.25, -0.2) is 0 Å². The van der Waals surface area contributed by atoms with Crippen molar-refractivity contribution in [3.63, 3.8) is 0 Å². The van der Waals surface area contributed by atoms with Crippen LogP contribution in [0.3, 0.4) is 0 Å². The SMILES string of the molecule is COc1cccc(C2CC(O)CN2Cc2cnnn2C)c1. The number of likely N-dealkylation sites (tertiary alicyclic amines) is 1. The van der Waals surface area contributed by atoms with Gasteiger partial charge in [0.2, 0.25) is 0 Å². The summed E-state index contributed by atoms with van der Waals surface area (Å²) >= 11 is 0. The van der Waals surface area contributed by atoms with Gasteiger partial charge in [-0.05, 0) is 24.1 Å². The normalized spacial score (nSPS) is 22.6. The Morgan fingerprint density at radius 2 is 2.29 bits per heavy atom. The minimum absolute atomic E-state index is 0.185. The van der Waals surface area contributed by atoms with Crippen LogP contribution in [0.5, 0.6) is 5.75 Å². The molecule has 0 bridgehead atoms. The van der Waals surface area contributed by atoms with Crippen LogP contribution in [0.25, 0.3) is 0 Å². The average Bonchev–Trinajstić information content (AvgIpc) is 3.06. The fourth-order valence-corrected chi connectivity index (χ4v) is 2.91. The third kappa shape index (κ3) is 2.91. The summed E-state index contributed by atoms with van der Waals surface area (Å²) in [7, 11) is 3.55. The molecule has 2 unspecified atom stereocenters. The summed E-state index contributed by atoms with van der Waals surface area (Å²) in [6.07, 6.45) is 2.20. The van der Waals surface area contributed by atoms with Gasteiger partial charge in [-0.2, -0.15) is 0 Å². The van der Waals surface area contributed by atoms with E-state index in [9.17, 15) is 5.11 Å². The maximum atomic E-state index is 10.0. The van der Waals surface area contributed by atoms with E-state index in [0.29, 0.717) is 6.54 Å². The molecule has 2 atom stereocenters. The number of benzene rings is 1. The van der Waals surface area contributed by atoms with E-state index >= 15 is 0 Å². The van der Waals surface area contributed by atoms with E-state index in [-0.39, 0.29) is 12.1 Å². The predicted octanol–water partition coefficient (Wildman–Crippen LogP) is 1.13. The van der Waals surface area contributed by atoms with E-state index in [1.54, 1.807) is 18.0 Å². The summed E-state index contributed by atoms with van der Waals surface area (Å²) in [5, 5.41) is 17.9. The Hall–Kier alpha value is -1.92. The smallest absolute Gasteiger partial charge is 0.119 e. The van der Waals surface area contributed by atoms with E-state index in [2.05, 4.69) is 21.3 Å². The van der Waals surface area contributed by atoms with Crippen molar-refractivity contribution in [1.29, 1.82) is 0 Å². The molecule has 1 fully saturated rings. The molecule has 1 aromatic heterocycles. The number of β-amino-alcohol motifs (C(OH)–C–C–N with tert-alkyl or cyclic N) is 1. The maximum absolute atomic E-state index is 10.0. The first-order valence-corrected chi connectivity index (χ1v) is 7.07. The molecule has 1 saturated heterocycles. The molecule has 21 heavy (non-hydrogen) atoms. The summed E-state index contributed by atoms with van der Waals surface area (Å²) in [6.45, 7) is 1.38. The zero-order chi connectivity index (χ0) is 14.8. The largest absolute Gasteiger partial charge is 0.497 e. The summed E-state index contributed by atoms with van der Waals surface area (Å²) < 4.78 is 7.07. The zero-order valence-electron chi connectivity index (χ0n) is 12.3. The lowest BCUT2D eigenvalue weighted by Gasteiger charge is -2.24. The van der Waals surface area contributed by atoms with E-state index in [0.717, 1.165) is 24.4 Å². The second-order valence-electron chi connectivity index (χ2n) is 5.46. The summed E-state index contributed by atoms with van der Waals surface area (Å²) in [6, 6.07) is 8.23. The van der Waals surface area contributed by atoms with Crippen LogP contribution in [0, 0.1) is 0 Å². The van der Waals surface area contributed by atoms with Gasteiger partial charge in [-0.1, -0.05) is 17.3 Å². The maximum Gasteiger partial charge on any atom is 0.119 e. The summed E-state index contributed by atoms with van der Waals surface area (Å²) in [4.78, 5) is 2.26. The van der Waals surface area contributed by atoms with Gasteiger partial charge in [-0.3, -0.25) is 9.58 Å². The molecule has 6 nitrogen and oxygen atoms in total. The van der Waals surface area contributed by atoms with Crippen LogP contribution in [-0.2, 0) is 13.6 Å². The first-order chi connectivity index (χ1) is 10.2. The Labute approximate surface area is 124 Å². The molecule has 1 N–H and O–H groups in total. The molecule has 3 rings (SSSR count). The second-order valence-corrected chi connectivity index (χ2v) is 5.46. The molecule has 0 aliphatic carbocycles. The summed E-state index contributed by atoms with van der Waals surface area (Å²) in [5.41, 5.74) is 2.21. The fraction of sp³-hybridized carbons (Fsp3) is 0.467. The van der Waals surface area contributed by atoms with Gasteiger partial charge in [0.15, 0.2) is 0 Å². The van der Waals surface area contributed by atoms with Crippen LogP contribution in [0.1, 0.15) is 23.7 Å². The van der Waals surface area contributed by atoms with E-state index in [1.807, 2.05) is 25.2 Å². The van der Waals surface area contributed by atoms with Gasteiger partial charge in [0.1, 0.15) is 5.75 Å². The third-order valence-electron chi connectivity index (χ3n) is 4.03. The van der Waals surface area contributed by atoms with E-state index in [4.69, 9.17) is 4.74 Å². The molecule has 2 heterocycles. The minimum atomic E-state index is -0.303. The number of ether oxygens (including phenoxy) is 1. The Balaban J connectivity index is 1.83. The lowest BCUT2D eigenvalue weighted by Crippen LogP contribution is -2.25. The van der Waals surface area contributed by atoms with Gasteiger partial charge >= 0.3 is 0 Å². The minimum Gasteiger partial charge on any atom is -0.497 e. The molecule has 0 radical (unpaired) electrons. The number of rotatable bonds is 4. The van der Waals surface area contributed by atoms with Crippen LogP contribution < -0.4 is 4.74 Å². The van der Waals surface area contributed by atoms with Crippen LogP contribution in [-0.4, -0.2) is 44.8 Å². The monoisotopic (exact) mass is 288 g/mol. The number of aliphatic hydroxyl groups excluding tert-OH is 1. The third-order valence-corrected chi connectivity index (χ3v) is 4.03. The standard InChI is InChI=1S/C15H20N4O2/c1-18-12(8-16-17-18)9-19-10-13(20)7-15(19)11-4-3-5-14(6-11)21-2/h3-6,8,13,15,20H,7,9-10H2,1-2H3. The summed E-state index contributed by atoms with van der Waals surface area (Å²) in [5.74, 6) is 0.844. The van der Waals surface area contributed by atoms with Crippen molar-refractivity contribution < 1.29 is 9.84 Å². The number of methoxy groups -OCH3 is 1. The van der Waals surface area contributed by atoms with E-state index in [1.165, 1.54) is 5.56 Å². The highest BCUT2D eigenvalue weighted by Crippen LogP contribution is 2.34. The molecule has 6 heteroatoms. The second kappa shape index (κ2) is 5.83. The quantitative estimate of drug-likeness (QED) is 0.914. The Bertz CT molecular complexity index is 613. The van der Waals surface area contributed by atoms with Gasteiger partial charge in [-0.15, -0.1) is 5.10 Å². The van der Waals surface area contributed by atoms with Gasteiger partial charge in [0.25, 0.3) is 0 Å². The number of aryl methyl sites for hydroxylation is 1. The fourth-order valence-electron chi connectivity index (χ4n) is 2.91. The lowest BCUT2D eigenvalue weighted by molar-refractivity contribution is 0.171. The van der Waals surface area contributed by atoms with Gasteiger partial charge in [0.05, 0.1) is 25.1 Å². The molecular formula is C15H20N4O2. The lowest BCUT2D eigenvalue weighted by atomic mass is 10.0. The first-order valence-electron chi connectivity index (χ1n) is 7.07. The molecule has 1 aromatic carbocycles. The van der Waals surface area contributed by atoms with Crippen molar-refractivity contribution in [2.75, 3.05) is 13.7 Å². The molecule has 0 saturated carbocycles. The number of hydrogen-bond acceptors (Lipinski definition) is 5. The van der Waals surface area contributed by atoms with E-state index < -0.39 is 0 Å². The van der Waals surface area contributed by atoms with Crippen molar-refractivity contribution in [1.82, 2.24) is 19.9 Å². The number of hydrogen-bond donors (Lipinski definition) is 1. The molecule has 112 valence electrons. The van der Waals surface area contributed by atoms with Gasteiger partial charge in [0, 0.05) is 26.2 Å². The van der Waals surface area contributed by atoms with Crippen LogP contribution in [0.4, 0.5) is 0 Å². The molecule has 0 amide bonds. The molecular weight excluding hydrogens is 268 g/mol. The molecule has 2 aromatic rings. The molecule has 1 aliphatic heterocycles. The highest BCUT2D eigenvalue weighted by molar-refractivity contribution is 5.31. The number of aliphatic hydroxyl groups is 1. The van der Waals surface area contributed by atoms with Crippen molar-refractivity contribution in [3.8, 4) is 5.75 Å². The highest BCUT2D eigenvalue weighted by atomic mass is 16.5. The Kier molecular flexibility index (Phi) is 3.90. The van der Waals surface area contributed by atoms with Crippen LogP contribution >= 0.6 is 0 Å². The Morgan fingerprint density at radius 1 is 1.43 bits per heavy atom. The Morgan fingerprint density at radius 3 is 3.00 bits per heavy atom. The van der Waals surface area contributed by atoms with Crippen LogP contribution in [0.2, 0.25) is 0 Å². The van der Waals surface area contributed by atoms with Crippen LogP contribution in [0.15, 0.2) is 30.5 Å². The van der Waals surface area contributed by atoms with Crippen molar-refractivity contribution >= 4 is 0 Å². The van der Waals surface area contributed by atoms with Crippen molar-refractivity contribution in [2.45, 2.75) is 25.1 Å². The zero-order valence-corrected chi connectivity index (χ0v) is 12.3. The predicted molar refractivity (Wildman–Crippen MR) is 77.8 cm³/mol. The number of aromatic nitrogens is 3. The number of nitrogens with zero attached hydrogens (tertiary/aromatic N) is 4.